The van der Waals surface area contributed by atoms with Crippen molar-refractivity contribution in [2.24, 2.45) is 0 Å². The lowest BCUT2D eigenvalue weighted by atomic mass is 10.1. The Balaban J connectivity index is 1.63. The van der Waals surface area contributed by atoms with Crippen LogP contribution >= 0.6 is 11.8 Å². The molecule has 182 valence electrons. The van der Waals surface area contributed by atoms with E-state index in [2.05, 4.69) is 5.32 Å². The number of ether oxygens (including phenoxy) is 3. The number of nitrogens with one attached hydrogen (secondary N) is 1. The maximum Gasteiger partial charge on any atom is 0.244 e. The highest BCUT2D eigenvalue weighted by atomic mass is 32.2. The summed E-state index contributed by atoms with van der Waals surface area (Å²) in [5.41, 5.74) is 1.95. The minimum atomic E-state index is -0.394. The molecule has 0 spiro atoms. The molecule has 0 fully saturated rings. The summed E-state index contributed by atoms with van der Waals surface area (Å²) in [7, 11) is 4.63. The van der Waals surface area contributed by atoms with Crippen molar-refractivity contribution in [3.63, 3.8) is 0 Å². The molecule has 0 saturated carbocycles. The highest BCUT2D eigenvalue weighted by molar-refractivity contribution is 7.99. The van der Waals surface area contributed by atoms with Gasteiger partial charge in [0.1, 0.15) is 12.4 Å². The number of thioether (sulfide) groups is 1. The molecule has 3 aromatic carbocycles. The molecule has 0 radical (unpaired) electrons. The van der Waals surface area contributed by atoms with Crippen molar-refractivity contribution in [1.29, 1.82) is 0 Å². The van der Waals surface area contributed by atoms with Crippen molar-refractivity contribution < 1.29 is 28.2 Å². The predicted molar refractivity (Wildman–Crippen MR) is 133 cm³/mol. The zero-order valence-corrected chi connectivity index (χ0v) is 20.4. The molecule has 0 aromatic heterocycles. The quantitative estimate of drug-likeness (QED) is 0.493. The topological polar surface area (TPSA) is 77.1 Å². The summed E-state index contributed by atoms with van der Waals surface area (Å²) >= 11 is 1.54. The molecular weight excluding hydrogens is 471 g/mol. The first kappa shape index (κ1) is 24.4. The van der Waals surface area contributed by atoms with Gasteiger partial charge in [-0.15, -0.1) is 11.8 Å². The Morgan fingerprint density at radius 3 is 2.31 bits per heavy atom. The summed E-state index contributed by atoms with van der Waals surface area (Å²) in [5.74, 6) is 0.509. The fourth-order valence-corrected chi connectivity index (χ4v) is 5.16. The van der Waals surface area contributed by atoms with E-state index in [0.29, 0.717) is 28.6 Å². The van der Waals surface area contributed by atoms with Gasteiger partial charge in [-0.05, 0) is 54.1 Å². The number of amides is 2. The number of rotatable bonds is 7. The second-order valence-electron chi connectivity index (χ2n) is 7.77. The van der Waals surface area contributed by atoms with Crippen LogP contribution in [0.15, 0.2) is 65.6 Å². The van der Waals surface area contributed by atoms with Crippen molar-refractivity contribution >= 4 is 35.0 Å². The Morgan fingerprint density at radius 2 is 1.69 bits per heavy atom. The largest absolute Gasteiger partial charge is 0.493 e. The summed E-state index contributed by atoms with van der Waals surface area (Å²) in [6.07, 6.45) is 0.155. The molecule has 1 aliphatic heterocycles. The van der Waals surface area contributed by atoms with E-state index in [4.69, 9.17) is 14.2 Å². The lowest BCUT2D eigenvalue weighted by Crippen LogP contribution is -2.38. The number of hydrogen-bond acceptors (Lipinski definition) is 6. The number of benzene rings is 3. The monoisotopic (exact) mass is 496 g/mol. The summed E-state index contributed by atoms with van der Waals surface area (Å²) in [4.78, 5) is 28.5. The first-order valence-corrected chi connectivity index (χ1v) is 11.7. The van der Waals surface area contributed by atoms with Gasteiger partial charge in [-0.25, -0.2) is 4.39 Å². The molecular formula is C26H25FN2O5S. The molecule has 2 amide bonds. The third kappa shape index (κ3) is 5.35. The minimum absolute atomic E-state index is 0.155. The van der Waals surface area contributed by atoms with Gasteiger partial charge < -0.3 is 24.4 Å². The Morgan fingerprint density at radius 1 is 1.03 bits per heavy atom. The molecule has 3 aromatic rings. The Hall–Kier alpha value is -3.72. The Bertz CT molecular complexity index is 1210. The number of carbonyl (C=O) groups is 2. The first-order chi connectivity index (χ1) is 16.9. The van der Waals surface area contributed by atoms with Gasteiger partial charge in [-0.2, -0.15) is 0 Å². The third-order valence-electron chi connectivity index (χ3n) is 5.57. The summed E-state index contributed by atoms with van der Waals surface area (Å²) in [5, 5.41) is 2.47. The number of nitrogens with zero attached hydrogens (tertiary/aromatic N) is 1. The number of para-hydroxylation sites is 1. The van der Waals surface area contributed by atoms with Gasteiger partial charge in [0.05, 0.1) is 27.0 Å². The van der Waals surface area contributed by atoms with Crippen LogP contribution in [-0.2, 0) is 9.59 Å². The van der Waals surface area contributed by atoms with Crippen molar-refractivity contribution in [2.45, 2.75) is 16.6 Å². The fraction of sp³-hybridized carbons (Fsp3) is 0.231. The highest BCUT2D eigenvalue weighted by Crippen LogP contribution is 2.49. The molecule has 1 aliphatic rings. The van der Waals surface area contributed by atoms with Gasteiger partial charge in [-0.3, -0.25) is 9.59 Å². The average Bonchev–Trinajstić information content (AvgIpc) is 3.00. The predicted octanol–water partition coefficient (Wildman–Crippen LogP) is 5.06. The Labute approximate surface area is 207 Å². The fourth-order valence-electron chi connectivity index (χ4n) is 3.90. The summed E-state index contributed by atoms with van der Waals surface area (Å²) < 4.78 is 29.6. The van der Waals surface area contributed by atoms with E-state index >= 15 is 0 Å². The van der Waals surface area contributed by atoms with Crippen molar-refractivity contribution in [3.05, 3.63) is 72.0 Å². The molecule has 7 nitrogen and oxygen atoms in total. The van der Waals surface area contributed by atoms with Gasteiger partial charge >= 0.3 is 0 Å². The number of carbonyl (C=O) groups excluding carboxylic acids is 2. The molecule has 0 bridgehead atoms. The van der Waals surface area contributed by atoms with E-state index in [1.807, 2.05) is 36.4 Å². The van der Waals surface area contributed by atoms with Crippen LogP contribution in [0.1, 0.15) is 17.2 Å². The number of hydrogen-bond donors (Lipinski definition) is 1. The lowest BCUT2D eigenvalue weighted by Gasteiger charge is -2.22. The van der Waals surface area contributed by atoms with Crippen LogP contribution < -0.4 is 24.4 Å². The van der Waals surface area contributed by atoms with Crippen LogP contribution in [0.2, 0.25) is 0 Å². The van der Waals surface area contributed by atoms with Crippen LogP contribution in [0, 0.1) is 5.82 Å². The van der Waals surface area contributed by atoms with E-state index in [1.165, 1.54) is 48.0 Å². The molecule has 0 unspecified atom stereocenters. The standard InChI is InChI=1S/C26H25FN2O5S/c1-32-20-12-16(13-21(33-2)26(20)34-3)23-14-25(31)29(19-6-4-5-7-22(19)35-23)15-24(30)28-18-10-8-17(27)9-11-18/h4-13,23H,14-15H2,1-3H3,(H,28,30)/t23-/m0/s1. The number of fused-ring (bicyclic) bond motifs is 1. The van der Waals surface area contributed by atoms with E-state index in [9.17, 15) is 14.0 Å². The van der Waals surface area contributed by atoms with Gasteiger partial charge in [-0.1, -0.05) is 12.1 Å². The van der Waals surface area contributed by atoms with Crippen molar-refractivity contribution in [3.8, 4) is 17.2 Å². The molecule has 1 heterocycles. The number of methoxy groups -OCH3 is 3. The SMILES string of the molecule is COc1cc([C@@H]2CC(=O)N(CC(=O)Nc3ccc(F)cc3)c3ccccc3S2)cc(OC)c1OC. The van der Waals surface area contributed by atoms with E-state index < -0.39 is 5.82 Å². The van der Waals surface area contributed by atoms with E-state index in [0.717, 1.165) is 10.5 Å². The minimum Gasteiger partial charge on any atom is -0.493 e. The molecule has 9 heteroatoms. The molecule has 0 aliphatic carbocycles. The zero-order valence-electron chi connectivity index (χ0n) is 19.5. The highest BCUT2D eigenvalue weighted by Gasteiger charge is 2.31. The van der Waals surface area contributed by atoms with Gasteiger partial charge in [0.15, 0.2) is 11.5 Å². The van der Waals surface area contributed by atoms with Crippen molar-refractivity contribution in [1.82, 2.24) is 0 Å². The smallest absolute Gasteiger partial charge is 0.244 e. The molecule has 1 atom stereocenters. The molecule has 4 rings (SSSR count). The van der Waals surface area contributed by atoms with Gasteiger partial charge in [0.2, 0.25) is 17.6 Å². The molecule has 35 heavy (non-hydrogen) atoms. The van der Waals surface area contributed by atoms with Gasteiger partial charge in [0.25, 0.3) is 0 Å². The first-order valence-electron chi connectivity index (χ1n) is 10.8. The van der Waals surface area contributed by atoms with Crippen molar-refractivity contribution in [2.75, 3.05) is 38.1 Å². The second kappa shape index (κ2) is 10.7. The normalized spacial score (nSPS) is 15.1. The summed E-state index contributed by atoms with van der Waals surface area (Å²) in [6.45, 7) is -0.171. The van der Waals surface area contributed by atoms with E-state index in [1.54, 1.807) is 14.2 Å². The summed E-state index contributed by atoms with van der Waals surface area (Å²) in [6, 6.07) is 16.6. The maximum atomic E-state index is 13.4. The van der Waals surface area contributed by atoms with E-state index in [-0.39, 0.29) is 30.0 Å². The van der Waals surface area contributed by atoms with Crippen LogP contribution in [0.25, 0.3) is 0 Å². The third-order valence-corrected chi connectivity index (χ3v) is 6.90. The molecule has 1 N–H and O–H groups in total. The van der Waals surface area contributed by atoms with Crippen LogP contribution in [-0.4, -0.2) is 39.7 Å². The van der Waals surface area contributed by atoms with Crippen LogP contribution in [0.4, 0.5) is 15.8 Å². The Kier molecular flexibility index (Phi) is 7.45. The van der Waals surface area contributed by atoms with Crippen LogP contribution in [0.5, 0.6) is 17.2 Å². The molecule has 0 saturated heterocycles. The lowest BCUT2D eigenvalue weighted by molar-refractivity contribution is -0.121. The average molecular weight is 497 g/mol. The zero-order chi connectivity index (χ0) is 24.9. The number of halogens is 1. The number of anilines is 2. The van der Waals surface area contributed by atoms with Crippen LogP contribution in [0.3, 0.4) is 0 Å². The van der Waals surface area contributed by atoms with Gasteiger partial charge in [0, 0.05) is 22.3 Å². The maximum absolute atomic E-state index is 13.4. The second-order valence-corrected chi connectivity index (χ2v) is 9.02.